The molecule has 4 rings (SSSR count). The summed E-state index contributed by atoms with van der Waals surface area (Å²) in [5, 5.41) is 2.59. The molecule has 0 saturated carbocycles. The SMILES string of the molecule is COc1ccc(NC(=O)c2cc(S(=O)(=O)N3CCN(c4ccc(C)cc4)[C@H](C)C3)ccc2F)cc1. The Bertz CT molecular complexity index is 1310. The van der Waals surface area contributed by atoms with Gasteiger partial charge in [-0.15, -0.1) is 0 Å². The topological polar surface area (TPSA) is 78.9 Å². The molecule has 1 fully saturated rings. The molecule has 0 bridgehead atoms. The average molecular weight is 498 g/mol. The van der Waals surface area contributed by atoms with Crippen LogP contribution in [-0.2, 0) is 10.0 Å². The molecule has 1 aliphatic rings. The van der Waals surface area contributed by atoms with E-state index in [1.165, 1.54) is 17.5 Å². The van der Waals surface area contributed by atoms with Gasteiger partial charge in [0.25, 0.3) is 5.91 Å². The molecule has 0 unspecified atom stereocenters. The zero-order valence-electron chi connectivity index (χ0n) is 19.9. The predicted molar refractivity (Wildman–Crippen MR) is 134 cm³/mol. The summed E-state index contributed by atoms with van der Waals surface area (Å²) in [7, 11) is -2.39. The number of nitrogens with one attached hydrogen (secondary N) is 1. The number of hydrogen-bond donors (Lipinski definition) is 1. The van der Waals surface area contributed by atoms with Crippen molar-refractivity contribution in [2.24, 2.45) is 0 Å². The molecule has 35 heavy (non-hydrogen) atoms. The van der Waals surface area contributed by atoms with E-state index in [4.69, 9.17) is 4.74 Å². The van der Waals surface area contributed by atoms with E-state index in [0.717, 1.165) is 23.4 Å². The van der Waals surface area contributed by atoms with Gasteiger partial charge in [-0.25, -0.2) is 12.8 Å². The first-order chi connectivity index (χ1) is 16.7. The van der Waals surface area contributed by atoms with Crippen molar-refractivity contribution in [2.45, 2.75) is 24.8 Å². The first kappa shape index (κ1) is 24.7. The van der Waals surface area contributed by atoms with Crippen LogP contribution in [0.3, 0.4) is 0 Å². The van der Waals surface area contributed by atoms with Gasteiger partial charge in [0.15, 0.2) is 0 Å². The Morgan fingerprint density at radius 2 is 1.71 bits per heavy atom. The summed E-state index contributed by atoms with van der Waals surface area (Å²) in [6.45, 7) is 5.08. The molecule has 1 atom stereocenters. The van der Waals surface area contributed by atoms with Crippen molar-refractivity contribution in [3.05, 3.63) is 83.7 Å². The summed E-state index contributed by atoms with van der Waals surface area (Å²) in [6, 6.07) is 17.9. The van der Waals surface area contributed by atoms with Crippen molar-refractivity contribution in [1.82, 2.24) is 4.31 Å². The number of sulfonamides is 1. The molecule has 1 heterocycles. The fourth-order valence-electron chi connectivity index (χ4n) is 4.12. The molecule has 0 aromatic heterocycles. The highest BCUT2D eigenvalue weighted by molar-refractivity contribution is 7.89. The maximum atomic E-state index is 14.5. The predicted octanol–water partition coefficient (Wildman–Crippen LogP) is 4.29. The van der Waals surface area contributed by atoms with Crippen molar-refractivity contribution >= 4 is 27.3 Å². The molecule has 9 heteroatoms. The molecule has 1 aliphatic heterocycles. The van der Waals surface area contributed by atoms with Crippen molar-refractivity contribution < 1.29 is 22.3 Å². The van der Waals surface area contributed by atoms with Gasteiger partial charge in [-0.3, -0.25) is 4.79 Å². The third-order valence-electron chi connectivity index (χ3n) is 6.12. The number of halogens is 1. The van der Waals surface area contributed by atoms with Crippen LogP contribution in [0.25, 0.3) is 0 Å². The molecule has 184 valence electrons. The first-order valence-electron chi connectivity index (χ1n) is 11.3. The Balaban J connectivity index is 1.51. The van der Waals surface area contributed by atoms with Gasteiger partial charge in [0, 0.05) is 37.1 Å². The molecule has 3 aromatic carbocycles. The van der Waals surface area contributed by atoms with Gasteiger partial charge in [0.1, 0.15) is 11.6 Å². The van der Waals surface area contributed by atoms with E-state index < -0.39 is 21.7 Å². The highest BCUT2D eigenvalue weighted by Gasteiger charge is 2.33. The van der Waals surface area contributed by atoms with E-state index in [1.807, 2.05) is 38.1 Å². The first-order valence-corrected chi connectivity index (χ1v) is 12.7. The van der Waals surface area contributed by atoms with Crippen LogP contribution in [0.15, 0.2) is 71.6 Å². The number of ether oxygens (including phenoxy) is 1. The molecule has 1 amide bonds. The number of anilines is 2. The average Bonchev–Trinajstić information content (AvgIpc) is 2.85. The maximum Gasteiger partial charge on any atom is 0.258 e. The Morgan fingerprint density at radius 1 is 1.03 bits per heavy atom. The number of nitrogens with zero attached hydrogens (tertiary/aromatic N) is 2. The minimum atomic E-state index is -3.92. The van der Waals surface area contributed by atoms with Gasteiger partial charge in [-0.2, -0.15) is 4.31 Å². The second-order valence-corrected chi connectivity index (χ2v) is 10.5. The van der Waals surface area contributed by atoms with Crippen molar-refractivity contribution in [2.75, 3.05) is 37.0 Å². The second kappa shape index (κ2) is 10.1. The van der Waals surface area contributed by atoms with Crippen LogP contribution in [-0.4, -0.2) is 51.4 Å². The summed E-state index contributed by atoms with van der Waals surface area (Å²) in [6.07, 6.45) is 0. The minimum absolute atomic E-state index is 0.0560. The number of rotatable bonds is 6. The molecule has 0 spiro atoms. The van der Waals surface area contributed by atoms with Gasteiger partial charge < -0.3 is 15.0 Å². The monoisotopic (exact) mass is 497 g/mol. The van der Waals surface area contributed by atoms with Gasteiger partial charge in [0.2, 0.25) is 10.0 Å². The molecule has 0 aliphatic carbocycles. The van der Waals surface area contributed by atoms with Crippen LogP contribution in [0.2, 0.25) is 0 Å². The van der Waals surface area contributed by atoms with Crippen LogP contribution >= 0.6 is 0 Å². The lowest BCUT2D eigenvalue weighted by molar-refractivity contribution is 0.102. The Hall–Kier alpha value is -3.43. The number of amides is 1. The summed E-state index contributed by atoms with van der Waals surface area (Å²) in [5.74, 6) is -0.922. The number of aryl methyl sites for hydroxylation is 1. The van der Waals surface area contributed by atoms with E-state index in [1.54, 1.807) is 24.3 Å². The Kier molecular flexibility index (Phi) is 7.09. The zero-order valence-corrected chi connectivity index (χ0v) is 20.7. The second-order valence-electron chi connectivity index (χ2n) is 8.57. The van der Waals surface area contributed by atoms with E-state index in [0.29, 0.717) is 18.0 Å². The molecule has 0 radical (unpaired) electrons. The normalized spacial score (nSPS) is 16.7. The van der Waals surface area contributed by atoms with Crippen molar-refractivity contribution in [3.63, 3.8) is 0 Å². The van der Waals surface area contributed by atoms with Crippen LogP contribution in [0.5, 0.6) is 5.75 Å². The van der Waals surface area contributed by atoms with Gasteiger partial charge >= 0.3 is 0 Å². The van der Waals surface area contributed by atoms with E-state index in [-0.39, 0.29) is 29.6 Å². The zero-order chi connectivity index (χ0) is 25.2. The van der Waals surface area contributed by atoms with Crippen molar-refractivity contribution in [3.8, 4) is 5.75 Å². The maximum absolute atomic E-state index is 14.5. The van der Waals surface area contributed by atoms with Crippen LogP contribution in [0.4, 0.5) is 15.8 Å². The molecule has 1 N–H and O–H groups in total. The van der Waals surface area contributed by atoms with Crippen molar-refractivity contribution in [1.29, 1.82) is 0 Å². The molecular weight excluding hydrogens is 469 g/mol. The lowest BCUT2D eigenvalue weighted by atomic mass is 10.1. The number of carbonyl (C=O) groups is 1. The quantitative estimate of drug-likeness (QED) is 0.550. The number of hydrogen-bond acceptors (Lipinski definition) is 5. The third kappa shape index (κ3) is 5.31. The molecule has 7 nitrogen and oxygen atoms in total. The van der Waals surface area contributed by atoms with Gasteiger partial charge in [-0.1, -0.05) is 17.7 Å². The fraction of sp³-hybridized carbons (Fsp3) is 0.269. The van der Waals surface area contributed by atoms with Crippen LogP contribution in [0.1, 0.15) is 22.8 Å². The lowest BCUT2D eigenvalue weighted by Gasteiger charge is -2.40. The highest BCUT2D eigenvalue weighted by Crippen LogP contribution is 2.26. The standard InChI is InChI=1S/C26H28FN3O4S/c1-18-4-8-21(9-5-18)30-15-14-29(17-19(30)2)35(32,33)23-12-13-25(27)24(16-23)26(31)28-20-6-10-22(34-3)11-7-20/h4-13,16,19H,14-15,17H2,1-3H3,(H,28,31)/t19-/m1/s1. The van der Waals surface area contributed by atoms with Crippen LogP contribution < -0.4 is 15.0 Å². The largest absolute Gasteiger partial charge is 0.497 e. The summed E-state index contributed by atoms with van der Waals surface area (Å²) < 4.78 is 47.7. The summed E-state index contributed by atoms with van der Waals surface area (Å²) in [4.78, 5) is 14.8. The smallest absolute Gasteiger partial charge is 0.258 e. The minimum Gasteiger partial charge on any atom is -0.497 e. The van der Waals surface area contributed by atoms with Crippen LogP contribution in [0, 0.1) is 12.7 Å². The molecule has 3 aromatic rings. The highest BCUT2D eigenvalue weighted by atomic mass is 32.2. The Labute approximate surface area is 205 Å². The number of carbonyl (C=O) groups excluding carboxylic acids is 1. The molecule has 1 saturated heterocycles. The van der Waals surface area contributed by atoms with E-state index >= 15 is 0 Å². The number of benzene rings is 3. The Morgan fingerprint density at radius 3 is 2.34 bits per heavy atom. The molecular formula is C26H28FN3O4S. The van der Waals surface area contributed by atoms with Gasteiger partial charge in [-0.05, 0) is 68.4 Å². The number of methoxy groups -OCH3 is 1. The summed E-state index contributed by atoms with van der Waals surface area (Å²) in [5.41, 5.74) is 2.29. The fourth-order valence-corrected chi connectivity index (χ4v) is 5.66. The lowest BCUT2D eigenvalue weighted by Crippen LogP contribution is -2.53. The third-order valence-corrected chi connectivity index (χ3v) is 7.99. The van der Waals surface area contributed by atoms with Gasteiger partial charge in [0.05, 0.1) is 17.6 Å². The van der Waals surface area contributed by atoms with E-state index in [9.17, 15) is 17.6 Å². The van der Waals surface area contributed by atoms with E-state index in [2.05, 4.69) is 10.2 Å². The summed E-state index contributed by atoms with van der Waals surface area (Å²) >= 11 is 0. The number of piperazine rings is 1.